The van der Waals surface area contributed by atoms with E-state index in [0.717, 1.165) is 28.7 Å². The molecule has 4 aromatic rings. The second-order valence-electron chi connectivity index (χ2n) is 19.0. The minimum absolute atomic E-state index is 0. The topological polar surface area (TPSA) is 182 Å². The van der Waals surface area contributed by atoms with E-state index in [1.807, 2.05) is 91.0 Å². The largest absolute Gasteiger partial charge is 0.497 e. The van der Waals surface area contributed by atoms with E-state index in [2.05, 4.69) is 36.7 Å². The SMILES string of the molecule is C.CNC(=O)CCC(=O)O[C@@H]1C[C@@H](COC(c2ccccc2)(c2ccc(OC)cc2)c2ccc(OC)cc2)N(C(=O)CNC(=O)CCCC[C@@H]2SC[C@H]3[C@@H]2NC(=O)N3C(=O)c2ccc(C(C)(C)C)cc2)C1. The summed E-state index contributed by atoms with van der Waals surface area (Å²) >= 11 is 1.73. The number of urea groups is 1. The summed E-state index contributed by atoms with van der Waals surface area (Å²) in [7, 11) is 4.71. The van der Waals surface area contributed by atoms with E-state index in [0.29, 0.717) is 35.7 Å². The Morgan fingerprint density at radius 3 is 1.96 bits per heavy atom. The van der Waals surface area contributed by atoms with Crippen LogP contribution < -0.4 is 25.4 Å². The maximum Gasteiger partial charge on any atom is 0.325 e. The first kappa shape index (κ1) is 54.0. The van der Waals surface area contributed by atoms with E-state index in [-0.39, 0.29) is 105 Å². The molecule has 5 atom stereocenters. The number of benzene rings is 4. The molecule has 0 bridgehead atoms. The van der Waals surface area contributed by atoms with Gasteiger partial charge in [-0.2, -0.15) is 11.8 Å². The third kappa shape index (κ3) is 12.8. The van der Waals surface area contributed by atoms with Gasteiger partial charge < -0.3 is 39.8 Å². The van der Waals surface area contributed by atoms with Crippen LogP contribution in [0.5, 0.6) is 11.5 Å². The summed E-state index contributed by atoms with van der Waals surface area (Å²) in [6, 6.07) is 31.1. The van der Waals surface area contributed by atoms with Crippen molar-refractivity contribution in [3.63, 3.8) is 0 Å². The first-order chi connectivity index (χ1) is 33.6. The number of esters is 1. The highest BCUT2D eigenvalue weighted by molar-refractivity contribution is 8.00. The standard InChI is InChI=1S/C54H65N5O10S.CH4/c1-53(2,3)36-18-16-35(17-19-36)51(64)59-44-34-70-45(50(44)57-52(59)65)14-10-11-15-47(61)56-31-48(62)58-32-43(69-49(63)29-28-46(60)55-4)30-40(58)33-68-54(37-12-8-7-9-13-37,38-20-24-41(66-5)25-21-38)39-22-26-42(67-6)27-23-39;/h7-9,12-13,16-27,40,43-45,50H,10-11,14-15,28-34H2,1-6H3,(H,55,60)(H,56,61)(H,57,65);1H4/t40-,43+,44-,45-,50-;/m0./s1. The monoisotopic (exact) mass is 991 g/mol. The predicted octanol–water partition coefficient (Wildman–Crippen LogP) is 7.38. The lowest BCUT2D eigenvalue weighted by Crippen LogP contribution is -2.46. The number of methoxy groups -OCH3 is 2. The molecule has 3 aliphatic rings. The Morgan fingerprint density at radius 2 is 1.37 bits per heavy atom. The van der Waals surface area contributed by atoms with Gasteiger partial charge >= 0.3 is 12.0 Å². The lowest BCUT2D eigenvalue weighted by atomic mass is 9.80. The Kier molecular flexibility index (Phi) is 18.4. The van der Waals surface area contributed by atoms with Gasteiger partial charge in [0.15, 0.2) is 0 Å². The summed E-state index contributed by atoms with van der Waals surface area (Å²) in [6.07, 6.45) is 1.66. The van der Waals surface area contributed by atoms with Crippen molar-refractivity contribution in [1.29, 1.82) is 0 Å². The van der Waals surface area contributed by atoms with Crippen LogP contribution in [-0.2, 0) is 39.7 Å². The minimum Gasteiger partial charge on any atom is -0.497 e. The molecule has 3 fully saturated rings. The summed E-state index contributed by atoms with van der Waals surface area (Å²) in [5.41, 5.74) is 2.79. The van der Waals surface area contributed by atoms with Gasteiger partial charge in [-0.05, 0) is 76.9 Å². The quantitative estimate of drug-likeness (QED) is 0.0348. The normalized spacial score (nSPS) is 19.5. The van der Waals surface area contributed by atoms with Crippen LogP contribution in [0.15, 0.2) is 103 Å². The number of ether oxygens (including phenoxy) is 4. The van der Waals surface area contributed by atoms with Crippen LogP contribution in [0, 0.1) is 0 Å². The maximum atomic E-state index is 14.1. The predicted molar refractivity (Wildman–Crippen MR) is 273 cm³/mol. The molecule has 71 heavy (non-hydrogen) atoms. The zero-order chi connectivity index (χ0) is 50.0. The molecule has 380 valence electrons. The third-order valence-corrected chi connectivity index (χ3v) is 14.9. The molecule has 4 aromatic carbocycles. The van der Waals surface area contributed by atoms with Crippen molar-refractivity contribution >= 4 is 47.4 Å². The van der Waals surface area contributed by atoms with Gasteiger partial charge in [-0.3, -0.25) is 28.9 Å². The van der Waals surface area contributed by atoms with E-state index < -0.39 is 23.7 Å². The highest BCUT2D eigenvalue weighted by Crippen LogP contribution is 2.43. The zero-order valence-electron chi connectivity index (χ0n) is 40.9. The molecule has 3 aliphatic heterocycles. The summed E-state index contributed by atoms with van der Waals surface area (Å²) < 4.78 is 24.0. The fourth-order valence-electron chi connectivity index (χ4n) is 9.52. The molecular weight excluding hydrogens is 923 g/mol. The van der Waals surface area contributed by atoms with Crippen molar-refractivity contribution in [3.05, 3.63) is 131 Å². The third-order valence-electron chi connectivity index (χ3n) is 13.4. The molecule has 0 aliphatic carbocycles. The molecule has 16 heteroatoms. The summed E-state index contributed by atoms with van der Waals surface area (Å²) in [4.78, 5) is 81.9. The number of carbonyl (C=O) groups is 6. The lowest BCUT2D eigenvalue weighted by molar-refractivity contribution is -0.150. The van der Waals surface area contributed by atoms with E-state index >= 15 is 0 Å². The number of unbranched alkanes of at least 4 members (excludes halogenated alkanes) is 1. The van der Waals surface area contributed by atoms with E-state index in [1.165, 1.54) is 11.9 Å². The van der Waals surface area contributed by atoms with Gasteiger partial charge in [-0.25, -0.2) is 4.79 Å². The first-order valence-corrected chi connectivity index (χ1v) is 25.0. The van der Waals surface area contributed by atoms with Gasteiger partial charge in [0.05, 0.1) is 58.5 Å². The van der Waals surface area contributed by atoms with Crippen molar-refractivity contribution in [3.8, 4) is 11.5 Å². The van der Waals surface area contributed by atoms with Gasteiger partial charge in [0, 0.05) is 42.9 Å². The number of nitrogens with one attached hydrogen (secondary N) is 3. The Morgan fingerprint density at radius 1 is 0.761 bits per heavy atom. The number of amides is 6. The molecule has 0 spiro atoms. The Hall–Kier alpha value is -6.39. The molecule has 15 nitrogen and oxygen atoms in total. The van der Waals surface area contributed by atoms with Gasteiger partial charge in [-0.15, -0.1) is 0 Å². The van der Waals surface area contributed by atoms with Crippen LogP contribution in [0.4, 0.5) is 4.79 Å². The molecule has 0 saturated carbocycles. The second-order valence-corrected chi connectivity index (χ2v) is 20.2. The fourth-order valence-corrected chi connectivity index (χ4v) is 11.1. The number of hydrogen-bond acceptors (Lipinski definition) is 11. The summed E-state index contributed by atoms with van der Waals surface area (Å²) in [5.74, 6) is 0.185. The number of rotatable bonds is 20. The Labute approximate surface area is 422 Å². The Bertz CT molecular complexity index is 2420. The van der Waals surface area contributed by atoms with Crippen LogP contribution in [0.3, 0.4) is 0 Å². The molecular formula is C55H69N5O10S. The van der Waals surface area contributed by atoms with Gasteiger partial charge in [0.2, 0.25) is 17.7 Å². The molecule has 3 heterocycles. The number of imide groups is 1. The van der Waals surface area contributed by atoms with Gasteiger partial charge in [0.25, 0.3) is 5.91 Å². The summed E-state index contributed by atoms with van der Waals surface area (Å²) in [6.45, 7) is 6.15. The number of carbonyl (C=O) groups excluding carboxylic acids is 6. The van der Waals surface area contributed by atoms with Crippen LogP contribution in [0.25, 0.3) is 0 Å². The van der Waals surface area contributed by atoms with Crippen LogP contribution >= 0.6 is 11.8 Å². The maximum absolute atomic E-state index is 14.1. The molecule has 0 unspecified atom stereocenters. The van der Waals surface area contributed by atoms with Crippen LogP contribution in [0.1, 0.15) is 106 Å². The van der Waals surface area contributed by atoms with E-state index in [4.69, 9.17) is 18.9 Å². The van der Waals surface area contributed by atoms with Crippen molar-refractivity contribution in [2.75, 3.05) is 46.7 Å². The van der Waals surface area contributed by atoms with Crippen molar-refractivity contribution < 1.29 is 47.7 Å². The van der Waals surface area contributed by atoms with Crippen molar-refractivity contribution in [2.24, 2.45) is 0 Å². The number of hydrogen-bond donors (Lipinski definition) is 3. The average molecular weight is 992 g/mol. The Balaban J connectivity index is 0.00000825. The van der Waals surface area contributed by atoms with E-state index in [9.17, 15) is 28.8 Å². The van der Waals surface area contributed by atoms with Crippen LogP contribution in [0.2, 0.25) is 0 Å². The highest BCUT2D eigenvalue weighted by Gasteiger charge is 2.50. The molecule has 0 radical (unpaired) electrons. The van der Waals surface area contributed by atoms with E-state index in [1.54, 1.807) is 43.0 Å². The molecule has 0 aromatic heterocycles. The zero-order valence-corrected chi connectivity index (χ0v) is 41.7. The molecule has 6 amide bonds. The number of nitrogens with zero attached hydrogens (tertiary/aromatic N) is 2. The molecule has 3 N–H and O–H groups in total. The lowest BCUT2D eigenvalue weighted by Gasteiger charge is -2.38. The second kappa shape index (κ2) is 24.2. The summed E-state index contributed by atoms with van der Waals surface area (Å²) in [5, 5.41) is 8.47. The first-order valence-electron chi connectivity index (χ1n) is 24.0. The molecule has 3 saturated heterocycles. The smallest absolute Gasteiger partial charge is 0.325 e. The highest BCUT2D eigenvalue weighted by atomic mass is 32.2. The van der Waals surface area contributed by atoms with Crippen LogP contribution in [-0.4, -0.2) is 122 Å². The van der Waals surface area contributed by atoms with Crippen molar-refractivity contribution in [2.45, 2.75) is 114 Å². The number of likely N-dealkylation sites (tertiary alicyclic amines) is 1. The number of thioether (sulfide) groups is 1. The minimum atomic E-state index is -1.18. The molecule has 7 rings (SSSR count). The van der Waals surface area contributed by atoms with Gasteiger partial charge in [0.1, 0.15) is 23.2 Å². The average Bonchev–Trinajstić information content (AvgIpc) is 4.06. The number of fused-ring (bicyclic) bond motifs is 1. The van der Waals surface area contributed by atoms with Gasteiger partial charge in [-0.1, -0.05) is 101 Å². The fraction of sp³-hybridized carbons (Fsp3) is 0.455. The van der Waals surface area contributed by atoms with Crippen molar-refractivity contribution in [1.82, 2.24) is 25.8 Å².